The first kappa shape index (κ1) is 25.7. The third kappa shape index (κ3) is 5.39. The smallest absolute Gasteiger partial charge is 0.337 e. The van der Waals surface area contributed by atoms with Gasteiger partial charge in [0.05, 0.1) is 18.4 Å². The van der Waals surface area contributed by atoms with Crippen LogP contribution in [-0.4, -0.2) is 30.8 Å². The zero-order valence-corrected chi connectivity index (χ0v) is 21.1. The quantitative estimate of drug-likeness (QED) is 0.326. The third-order valence-electron chi connectivity index (χ3n) is 5.80. The van der Waals surface area contributed by atoms with Crippen LogP contribution in [0.2, 0.25) is 0 Å². The average Bonchev–Trinajstić information content (AvgIpc) is 3.11. The van der Waals surface area contributed by atoms with Gasteiger partial charge in [-0.25, -0.2) is 9.69 Å². The molecule has 0 aromatic heterocycles. The van der Waals surface area contributed by atoms with Gasteiger partial charge < -0.3 is 15.4 Å². The SMILES string of the molecule is COC(=O)c1ccc(NC(=O)c2cccc(NC3=C(Cl)C(=O)N(c4ccc(C(C)C)cc4)C3=O)c2)cc1. The highest BCUT2D eigenvalue weighted by molar-refractivity contribution is 6.53. The molecule has 0 saturated heterocycles. The van der Waals surface area contributed by atoms with Crippen molar-refractivity contribution in [1.29, 1.82) is 0 Å². The van der Waals surface area contributed by atoms with Crippen molar-refractivity contribution in [1.82, 2.24) is 0 Å². The molecular formula is C28H24ClN3O5. The summed E-state index contributed by atoms with van der Waals surface area (Å²) >= 11 is 6.25. The molecule has 0 aliphatic carbocycles. The lowest BCUT2D eigenvalue weighted by Gasteiger charge is -2.16. The van der Waals surface area contributed by atoms with Crippen LogP contribution in [0.15, 0.2) is 83.5 Å². The number of carbonyl (C=O) groups excluding carboxylic acids is 4. The highest BCUT2D eigenvalue weighted by Gasteiger charge is 2.39. The number of nitrogens with one attached hydrogen (secondary N) is 2. The van der Waals surface area contributed by atoms with E-state index >= 15 is 0 Å². The van der Waals surface area contributed by atoms with E-state index in [4.69, 9.17) is 11.6 Å². The number of halogens is 1. The summed E-state index contributed by atoms with van der Waals surface area (Å²) in [5.74, 6) is -1.80. The minimum atomic E-state index is -0.629. The Bertz CT molecular complexity index is 1410. The van der Waals surface area contributed by atoms with E-state index in [1.165, 1.54) is 13.2 Å². The fourth-order valence-corrected chi connectivity index (χ4v) is 3.96. The Morgan fingerprint density at radius 1 is 0.865 bits per heavy atom. The van der Waals surface area contributed by atoms with Crippen LogP contribution in [0.25, 0.3) is 0 Å². The van der Waals surface area contributed by atoms with E-state index < -0.39 is 23.7 Å². The number of anilines is 3. The largest absolute Gasteiger partial charge is 0.465 e. The van der Waals surface area contributed by atoms with E-state index in [0.29, 0.717) is 34.1 Å². The van der Waals surface area contributed by atoms with Crippen molar-refractivity contribution < 1.29 is 23.9 Å². The minimum Gasteiger partial charge on any atom is -0.465 e. The summed E-state index contributed by atoms with van der Waals surface area (Å²) in [5.41, 5.74) is 2.97. The molecule has 3 aromatic rings. The van der Waals surface area contributed by atoms with Crippen LogP contribution in [0.3, 0.4) is 0 Å². The number of nitrogens with zero attached hydrogens (tertiary/aromatic N) is 1. The molecular weight excluding hydrogens is 494 g/mol. The summed E-state index contributed by atoms with van der Waals surface area (Å²) in [7, 11) is 1.29. The van der Waals surface area contributed by atoms with Crippen LogP contribution in [0.5, 0.6) is 0 Å². The van der Waals surface area contributed by atoms with Gasteiger partial charge in [0, 0.05) is 16.9 Å². The average molecular weight is 518 g/mol. The van der Waals surface area contributed by atoms with Gasteiger partial charge in [-0.05, 0) is 66.1 Å². The molecule has 8 nitrogen and oxygen atoms in total. The predicted molar refractivity (Wildman–Crippen MR) is 142 cm³/mol. The van der Waals surface area contributed by atoms with Crippen LogP contribution in [0.4, 0.5) is 17.1 Å². The summed E-state index contributed by atoms with van der Waals surface area (Å²) < 4.78 is 4.67. The lowest BCUT2D eigenvalue weighted by Crippen LogP contribution is -2.32. The number of ether oxygens (including phenoxy) is 1. The van der Waals surface area contributed by atoms with Crippen molar-refractivity contribution in [3.8, 4) is 0 Å². The van der Waals surface area contributed by atoms with Gasteiger partial charge in [0.2, 0.25) is 0 Å². The van der Waals surface area contributed by atoms with E-state index in [0.717, 1.165) is 10.5 Å². The van der Waals surface area contributed by atoms with Gasteiger partial charge in [0.1, 0.15) is 10.7 Å². The van der Waals surface area contributed by atoms with Crippen molar-refractivity contribution in [2.75, 3.05) is 22.6 Å². The van der Waals surface area contributed by atoms with Gasteiger partial charge in [-0.1, -0.05) is 43.6 Å². The van der Waals surface area contributed by atoms with Gasteiger partial charge in [-0.15, -0.1) is 0 Å². The molecule has 3 amide bonds. The fourth-order valence-electron chi connectivity index (χ4n) is 3.75. The molecule has 37 heavy (non-hydrogen) atoms. The van der Waals surface area contributed by atoms with Gasteiger partial charge in [-0.3, -0.25) is 14.4 Å². The summed E-state index contributed by atoms with van der Waals surface area (Å²) in [6, 6.07) is 19.8. The second-order valence-electron chi connectivity index (χ2n) is 8.61. The number of benzene rings is 3. The number of methoxy groups -OCH3 is 1. The maximum atomic E-state index is 13.1. The predicted octanol–water partition coefficient (Wildman–Crippen LogP) is 5.28. The van der Waals surface area contributed by atoms with Crippen molar-refractivity contribution in [2.45, 2.75) is 19.8 Å². The maximum absolute atomic E-state index is 13.1. The van der Waals surface area contributed by atoms with E-state index in [-0.39, 0.29) is 10.7 Å². The van der Waals surface area contributed by atoms with Gasteiger partial charge in [0.25, 0.3) is 17.7 Å². The van der Waals surface area contributed by atoms with E-state index in [2.05, 4.69) is 29.2 Å². The van der Waals surface area contributed by atoms with Crippen molar-refractivity contribution in [3.63, 3.8) is 0 Å². The Morgan fingerprint density at radius 3 is 2.16 bits per heavy atom. The number of imide groups is 1. The Balaban J connectivity index is 1.48. The monoisotopic (exact) mass is 517 g/mol. The van der Waals surface area contributed by atoms with Crippen LogP contribution < -0.4 is 15.5 Å². The molecule has 3 aromatic carbocycles. The molecule has 0 fully saturated rings. The standard InChI is InChI=1S/C28H24ClN3O5/c1-16(2)17-9-13-22(14-10-17)32-26(34)23(29)24(27(32)35)30-21-6-4-5-19(15-21)25(33)31-20-11-7-18(8-12-20)28(36)37-3/h4-16,30H,1-3H3,(H,31,33). The number of hydrogen-bond acceptors (Lipinski definition) is 6. The van der Waals surface area contributed by atoms with Crippen LogP contribution in [-0.2, 0) is 14.3 Å². The van der Waals surface area contributed by atoms with Crippen LogP contribution in [0, 0.1) is 0 Å². The number of amides is 3. The first-order valence-electron chi connectivity index (χ1n) is 11.4. The molecule has 4 rings (SSSR count). The second-order valence-corrected chi connectivity index (χ2v) is 8.99. The normalized spacial score (nSPS) is 13.3. The Labute approximate surface area is 218 Å². The first-order chi connectivity index (χ1) is 17.7. The summed E-state index contributed by atoms with van der Waals surface area (Å²) in [6.45, 7) is 4.10. The van der Waals surface area contributed by atoms with Gasteiger partial charge >= 0.3 is 5.97 Å². The molecule has 188 valence electrons. The van der Waals surface area contributed by atoms with Crippen molar-refractivity contribution >= 4 is 52.4 Å². The Morgan fingerprint density at radius 2 is 1.54 bits per heavy atom. The van der Waals surface area contributed by atoms with E-state index in [1.54, 1.807) is 54.6 Å². The highest BCUT2D eigenvalue weighted by Crippen LogP contribution is 2.31. The van der Waals surface area contributed by atoms with E-state index in [9.17, 15) is 19.2 Å². The van der Waals surface area contributed by atoms with Crippen molar-refractivity contribution in [3.05, 3.63) is 100 Å². The maximum Gasteiger partial charge on any atom is 0.337 e. The highest BCUT2D eigenvalue weighted by atomic mass is 35.5. The molecule has 2 N–H and O–H groups in total. The second kappa shape index (κ2) is 10.7. The number of rotatable bonds is 7. The zero-order chi connectivity index (χ0) is 26.7. The molecule has 1 aliphatic rings. The first-order valence-corrected chi connectivity index (χ1v) is 11.8. The molecule has 9 heteroatoms. The topological polar surface area (TPSA) is 105 Å². The third-order valence-corrected chi connectivity index (χ3v) is 6.15. The molecule has 1 heterocycles. The number of carbonyl (C=O) groups is 4. The molecule has 0 bridgehead atoms. The lowest BCUT2D eigenvalue weighted by atomic mass is 10.0. The lowest BCUT2D eigenvalue weighted by molar-refractivity contribution is -0.120. The van der Waals surface area contributed by atoms with Gasteiger partial charge in [-0.2, -0.15) is 0 Å². The molecule has 0 radical (unpaired) electrons. The molecule has 0 atom stereocenters. The summed E-state index contributed by atoms with van der Waals surface area (Å²) in [6.07, 6.45) is 0. The summed E-state index contributed by atoms with van der Waals surface area (Å²) in [4.78, 5) is 51.2. The van der Waals surface area contributed by atoms with Gasteiger partial charge in [0.15, 0.2) is 0 Å². The zero-order valence-electron chi connectivity index (χ0n) is 20.4. The Hall–Kier alpha value is -4.43. The molecule has 0 unspecified atom stereocenters. The van der Waals surface area contributed by atoms with Crippen LogP contribution in [0.1, 0.15) is 46.0 Å². The number of esters is 1. The van der Waals surface area contributed by atoms with Crippen LogP contribution >= 0.6 is 11.6 Å². The Kier molecular flexibility index (Phi) is 7.40. The molecule has 0 spiro atoms. The van der Waals surface area contributed by atoms with Crippen molar-refractivity contribution in [2.24, 2.45) is 0 Å². The number of hydrogen-bond donors (Lipinski definition) is 2. The molecule has 1 aliphatic heterocycles. The fraction of sp³-hybridized carbons (Fsp3) is 0.143. The summed E-state index contributed by atoms with van der Waals surface area (Å²) in [5, 5.41) is 5.39. The minimum absolute atomic E-state index is 0.0736. The molecule has 0 saturated carbocycles. The van der Waals surface area contributed by atoms with E-state index in [1.807, 2.05) is 12.1 Å².